The molecule has 0 N–H and O–H groups in total. The van der Waals surface area contributed by atoms with Gasteiger partial charge in [-0.25, -0.2) is 13.4 Å². The Morgan fingerprint density at radius 1 is 1.03 bits per heavy atom. The summed E-state index contributed by atoms with van der Waals surface area (Å²) in [6.45, 7) is 1.37. The van der Waals surface area contributed by atoms with Gasteiger partial charge in [0.1, 0.15) is 6.61 Å². The van der Waals surface area contributed by atoms with Gasteiger partial charge in [-0.15, -0.1) is 12.4 Å². The van der Waals surface area contributed by atoms with Crippen LogP contribution >= 0.6 is 12.4 Å². The standard InChI is InChI=1S/C24H26N4O3S.ClH/c29-32(30)11-9-28(10-12-32)20-13-18(15-25-16-20)22-14-24(27-23-7-2-1-6-21(22)23)31-17-19-5-3-4-8-26-19;/h3-5,8,13-16H,1-2,6-7,9-12,17H2;1H. The number of rotatable bonds is 5. The highest BCUT2D eigenvalue weighted by atomic mass is 35.5. The highest BCUT2D eigenvalue weighted by molar-refractivity contribution is 7.91. The summed E-state index contributed by atoms with van der Waals surface area (Å²) >= 11 is 0. The Morgan fingerprint density at radius 2 is 1.85 bits per heavy atom. The van der Waals surface area contributed by atoms with E-state index in [1.54, 1.807) is 6.20 Å². The topological polar surface area (TPSA) is 85.3 Å². The van der Waals surface area contributed by atoms with E-state index in [2.05, 4.69) is 20.9 Å². The molecule has 7 nitrogen and oxygen atoms in total. The van der Waals surface area contributed by atoms with Gasteiger partial charge in [0.25, 0.3) is 0 Å². The van der Waals surface area contributed by atoms with Gasteiger partial charge in [0.15, 0.2) is 9.84 Å². The minimum absolute atomic E-state index is 0. The Bertz CT molecular complexity index is 1210. The summed E-state index contributed by atoms with van der Waals surface area (Å²) < 4.78 is 29.6. The number of sulfone groups is 1. The molecular formula is C24H27ClN4O3S. The van der Waals surface area contributed by atoms with Crippen LogP contribution in [0.2, 0.25) is 0 Å². The van der Waals surface area contributed by atoms with Crippen LogP contribution in [0.5, 0.6) is 5.88 Å². The Balaban J connectivity index is 0.00000259. The molecular weight excluding hydrogens is 460 g/mol. The first kappa shape index (κ1) is 23.4. The molecule has 5 rings (SSSR count). The number of nitrogens with zero attached hydrogens (tertiary/aromatic N) is 4. The molecule has 0 bridgehead atoms. The second kappa shape index (κ2) is 10.1. The number of hydrogen-bond donors (Lipinski definition) is 0. The van der Waals surface area contributed by atoms with Crippen molar-refractivity contribution in [3.05, 3.63) is 65.9 Å². The van der Waals surface area contributed by atoms with Crippen LogP contribution in [-0.2, 0) is 29.3 Å². The third-order valence-corrected chi connectivity index (χ3v) is 7.72. The zero-order valence-electron chi connectivity index (χ0n) is 18.3. The molecule has 9 heteroatoms. The first-order chi connectivity index (χ1) is 15.6. The van der Waals surface area contributed by atoms with Crippen LogP contribution in [0.4, 0.5) is 5.69 Å². The van der Waals surface area contributed by atoms with Gasteiger partial charge in [-0.2, -0.15) is 0 Å². The van der Waals surface area contributed by atoms with E-state index in [0.29, 0.717) is 25.6 Å². The van der Waals surface area contributed by atoms with Crippen LogP contribution in [-0.4, -0.2) is 48.0 Å². The molecule has 0 atom stereocenters. The van der Waals surface area contributed by atoms with E-state index in [-0.39, 0.29) is 23.9 Å². The number of fused-ring (bicyclic) bond motifs is 1. The molecule has 1 saturated heterocycles. The first-order valence-corrected chi connectivity index (χ1v) is 12.9. The normalized spacial score (nSPS) is 17.0. The van der Waals surface area contributed by atoms with Crippen LogP contribution in [0.25, 0.3) is 11.1 Å². The average molecular weight is 487 g/mol. The van der Waals surface area contributed by atoms with Crippen LogP contribution < -0.4 is 9.64 Å². The lowest BCUT2D eigenvalue weighted by molar-refractivity contribution is 0.288. The minimum atomic E-state index is -2.92. The second-order valence-electron chi connectivity index (χ2n) is 8.32. The maximum absolute atomic E-state index is 11.8. The predicted molar refractivity (Wildman–Crippen MR) is 131 cm³/mol. The van der Waals surface area contributed by atoms with Crippen LogP contribution in [0.15, 0.2) is 48.9 Å². The summed E-state index contributed by atoms with van der Waals surface area (Å²) in [4.78, 5) is 15.7. The molecule has 0 saturated carbocycles. The average Bonchev–Trinajstić information content (AvgIpc) is 2.83. The molecule has 0 amide bonds. The van der Waals surface area contributed by atoms with Crippen molar-refractivity contribution in [2.75, 3.05) is 29.5 Å². The van der Waals surface area contributed by atoms with Crippen LogP contribution in [0.1, 0.15) is 29.8 Å². The fourth-order valence-electron chi connectivity index (χ4n) is 4.36. The van der Waals surface area contributed by atoms with Gasteiger partial charge in [0.05, 0.1) is 29.1 Å². The van der Waals surface area contributed by atoms with Crippen LogP contribution in [0.3, 0.4) is 0 Å². The summed E-state index contributed by atoms with van der Waals surface area (Å²) in [5.74, 6) is 0.974. The fraction of sp³-hybridized carbons (Fsp3) is 0.375. The Kier molecular flexibility index (Phi) is 7.14. The van der Waals surface area contributed by atoms with Crippen molar-refractivity contribution in [3.8, 4) is 17.0 Å². The van der Waals surface area contributed by atoms with Crippen molar-refractivity contribution < 1.29 is 13.2 Å². The molecule has 3 aromatic heterocycles. The Hall–Kier alpha value is -2.71. The molecule has 2 aliphatic rings. The quantitative estimate of drug-likeness (QED) is 0.544. The molecule has 0 radical (unpaired) electrons. The van der Waals surface area contributed by atoms with E-state index in [9.17, 15) is 8.42 Å². The lowest BCUT2D eigenvalue weighted by atomic mass is 9.89. The zero-order valence-corrected chi connectivity index (χ0v) is 19.9. The molecule has 3 aromatic rings. The highest BCUT2D eigenvalue weighted by Gasteiger charge is 2.23. The summed E-state index contributed by atoms with van der Waals surface area (Å²) in [6.07, 6.45) is 9.65. The molecule has 0 aromatic carbocycles. The Labute approximate surface area is 200 Å². The van der Waals surface area contributed by atoms with Crippen molar-refractivity contribution in [3.63, 3.8) is 0 Å². The van der Waals surface area contributed by atoms with Gasteiger partial charge < -0.3 is 9.64 Å². The molecule has 0 spiro atoms. The molecule has 1 aliphatic heterocycles. The third-order valence-electron chi connectivity index (χ3n) is 6.12. The number of ether oxygens (including phenoxy) is 1. The SMILES string of the molecule is Cl.O=S1(=O)CCN(c2cncc(-c3cc(OCc4ccccn4)nc4c3CCCC4)c2)CC1. The van der Waals surface area contributed by atoms with Crippen molar-refractivity contribution >= 4 is 27.9 Å². The van der Waals surface area contributed by atoms with Crippen molar-refractivity contribution in [2.45, 2.75) is 32.3 Å². The number of pyridine rings is 3. The molecule has 33 heavy (non-hydrogen) atoms. The van der Waals surface area contributed by atoms with Crippen molar-refractivity contribution in [1.29, 1.82) is 0 Å². The molecule has 1 aliphatic carbocycles. The van der Waals surface area contributed by atoms with Gasteiger partial charge >= 0.3 is 0 Å². The summed E-state index contributed by atoms with van der Waals surface area (Å²) in [5, 5.41) is 0. The number of aromatic nitrogens is 3. The lowest BCUT2D eigenvalue weighted by Crippen LogP contribution is -2.40. The van der Waals surface area contributed by atoms with E-state index >= 15 is 0 Å². The molecule has 1 fully saturated rings. The summed E-state index contributed by atoms with van der Waals surface area (Å²) in [6, 6.07) is 9.88. The maximum atomic E-state index is 11.8. The van der Waals surface area contributed by atoms with E-state index < -0.39 is 9.84 Å². The smallest absolute Gasteiger partial charge is 0.214 e. The first-order valence-electron chi connectivity index (χ1n) is 11.0. The van der Waals surface area contributed by atoms with Crippen LogP contribution in [0, 0.1) is 0 Å². The Morgan fingerprint density at radius 3 is 2.64 bits per heavy atom. The molecule has 4 heterocycles. The summed E-state index contributed by atoms with van der Waals surface area (Å²) in [7, 11) is -2.92. The van der Waals surface area contributed by atoms with Crippen molar-refractivity contribution in [2.24, 2.45) is 0 Å². The molecule has 174 valence electrons. The van der Waals surface area contributed by atoms with Gasteiger partial charge in [-0.3, -0.25) is 9.97 Å². The fourth-order valence-corrected chi connectivity index (χ4v) is 5.56. The summed E-state index contributed by atoms with van der Waals surface area (Å²) in [5.41, 5.74) is 6.29. The van der Waals surface area contributed by atoms with E-state index in [1.807, 2.05) is 36.7 Å². The number of hydrogen-bond acceptors (Lipinski definition) is 7. The van der Waals surface area contributed by atoms with Gasteiger partial charge in [0.2, 0.25) is 5.88 Å². The van der Waals surface area contributed by atoms with Gasteiger partial charge in [-0.05, 0) is 55.0 Å². The van der Waals surface area contributed by atoms with Gasteiger partial charge in [0, 0.05) is 42.8 Å². The van der Waals surface area contributed by atoms with Crippen molar-refractivity contribution in [1.82, 2.24) is 15.0 Å². The number of halogens is 1. The van der Waals surface area contributed by atoms with E-state index in [1.165, 1.54) is 5.56 Å². The second-order valence-corrected chi connectivity index (χ2v) is 10.6. The number of anilines is 1. The van der Waals surface area contributed by atoms with Gasteiger partial charge in [-0.1, -0.05) is 6.07 Å². The number of aryl methyl sites for hydroxylation is 1. The predicted octanol–water partition coefficient (Wildman–Crippen LogP) is 3.65. The van der Waals surface area contributed by atoms with E-state index in [4.69, 9.17) is 9.72 Å². The molecule has 0 unspecified atom stereocenters. The largest absolute Gasteiger partial charge is 0.471 e. The maximum Gasteiger partial charge on any atom is 0.214 e. The zero-order chi connectivity index (χ0) is 22.0. The van der Waals surface area contributed by atoms with E-state index in [0.717, 1.165) is 53.9 Å². The monoisotopic (exact) mass is 486 g/mol. The minimum Gasteiger partial charge on any atom is -0.471 e. The third kappa shape index (κ3) is 5.45. The highest BCUT2D eigenvalue weighted by Crippen LogP contribution is 2.35. The lowest BCUT2D eigenvalue weighted by Gasteiger charge is -2.29.